The Balaban J connectivity index is 1.21. The van der Waals surface area contributed by atoms with Crippen LogP contribution in [0.25, 0.3) is 23.3 Å². The Morgan fingerprint density at radius 1 is 0.917 bits per heavy atom. The maximum atomic E-state index is 12.2. The lowest BCUT2D eigenvalue weighted by atomic mass is 10.1. The molecule has 0 spiro atoms. The summed E-state index contributed by atoms with van der Waals surface area (Å²) in [4.78, 5) is 27.6. The fourth-order valence-corrected chi connectivity index (χ4v) is 3.79. The minimum atomic E-state index is -4.74. The molecule has 0 unspecified atom stereocenters. The van der Waals surface area contributed by atoms with Crippen molar-refractivity contribution in [3.63, 3.8) is 0 Å². The fraction of sp³-hybridized carbons (Fsp3) is 0.120. The van der Waals surface area contributed by atoms with Gasteiger partial charge in [-0.15, -0.1) is 24.9 Å². The molecule has 184 valence electrons. The van der Waals surface area contributed by atoms with Gasteiger partial charge in [0, 0.05) is 5.75 Å². The number of thioether (sulfide) groups is 1. The molecule has 7 nitrogen and oxygen atoms in total. The van der Waals surface area contributed by atoms with Crippen molar-refractivity contribution in [2.75, 3.05) is 12.4 Å². The van der Waals surface area contributed by atoms with Gasteiger partial charge in [-0.2, -0.15) is 0 Å². The van der Waals surface area contributed by atoms with E-state index in [1.165, 1.54) is 48.8 Å². The number of hydrogen-bond acceptors (Lipinski definition) is 7. The Morgan fingerprint density at radius 3 is 2.19 bits per heavy atom. The predicted octanol–water partition coefficient (Wildman–Crippen LogP) is 5.72. The minimum absolute atomic E-state index is 0.265. The third-order valence-electron chi connectivity index (χ3n) is 4.65. The molecule has 0 atom stereocenters. The predicted molar refractivity (Wildman–Crippen MR) is 131 cm³/mol. The third kappa shape index (κ3) is 7.44. The highest BCUT2D eigenvalue weighted by Gasteiger charge is 2.30. The number of ether oxygens (including phenoxy) is 2. The van der Waals surface area contributed by atoms with E-state index in [0.717, 1.165) is 16.1 Å². The number of H-pyrrole nitrogens is 1. The van der Waals surface area contributed by atoms with Gasteiger partial charge in [-0.25, -0.2) is 15.0 Å². The zero-order valence-corrected chi connectivity index (χ0v) is 19.4. The van der Waals surface area contributed by atoms with Crippen molar-refractivity contribution in [2.24, 2.45) is 0 Å². The number of rotatable bonds is 10. The Labute approximate surface area is 208 Å². The second-order valence-corrected chi connectivity index (χ2v) is 8.32. The highest BCUT2D eigenvalue weighted by molar-refractivity contribution is 7.99. The van der Waals surface area contributed by atoms with Crippen LogP contribution in [-0.2, 0) is 4.79 Å². The highest BCUT2D eigenvalue weighted by atomic mass is 32.2. The Bertz CT molecular complexity index is 1370. The summed E-state index contributed by atoms with van der Waals surface area (Å²) < 4.78 is 46.2. The van der Waals surface area contributed by atoms with Gasteiger partial charge >= 0.3 is 6.36 Å². The Hall–Kier alpha value is -4.12. The van der Waals surface area contributed by atoms with Crippen LogP contribution in [0.5, 0.6) is 11.5 Å². The smallest absolute Gasteiger partial charge is 0.493 e. The van der Waals surface area contributed by atoms with Gasteiger partial charge in [-0.1, -0.05) is 36.4 Å². The molecule has 2 heterocycles. The summed E-state index contributed by atoms with van der Waals surface area (Å²) in [6, 6.07) is 12.5. The number of carbonyl (C=O) groups excluding carboxylic acids is 1. The largest absolute Gasteiger partial charge is 0.573 e. The molecule has 36 heavy (non-hydrogen) atoms. The monoisotopic (exact) mass is 512 g/mol. The molecule has 2 aromatic carbocycles. The molecule has 11 heteroatoms. The summed E-state index contributed by atoms with van der Waals surface area (Å²) >= 11 is 1.54. The number of fused-ring (bicyclic) bond motifs is 1. The van der Waals surface area contributed by atoms with Crippen molar-refractivity contribution in [1.82, 2.24) is 19.9 Å². The first-order valence-electron chi connectivity index (χ1n) is 10.6. The number of nitrogens with one attached hydrogen (secondary N) is 1. The van der Waals surface area contributed by atoms with Crippen LogP contribution in [0.4, 0.5) is 13.2 Å². The van der Waals surface area contributed by atoms with Gasteiger partial charge in [-0.05, 0) is 47.5 Å². The second-order valence-electron chi connectivity index (χ2n) is 7.23. The number of aromatic nitrogens is 4. The summed E-state index contributed by atoms with van der Waals surface area (Å²) in [6.45, 7) is 0.478. The maximum Gasteiger partial charge on any atom is 0.573 e. The number of ketones is 1. The quantitative estimate of drug-likeness (QED) is 0.126. The number of allylic oxidation sites excluding steroid dienone is 2. The molecule has 0 bridgehead atoms. The number of alkyl halides is 3. The Morgan fingerprint density at radius 2 is 1.56 bits per heavy atom. The molecular formula is C25H19F3N4O3S. The summed E-state index contributed by atoms with van der Waals surface area (Å²) in [5, 5.41) is 0.813. The van der Waals surface area contributed by atoms with E-state index < -0.39 is 6.36 Å². The average molecular weight is 513 g/mol. The van der Waals surface area contributed by atoms with Crippen LogP contribution in [0.1, 0.15) is 11.1 Å². The van der Waals surface area contributed by atoms with E-state index in [0.29, 0.717) is 29.3 Å². The van der Waals surface area contributed by atoms with Crippen LogP contribution in [0, 0.1) is 0 Å². The van der Waals surface area contributed by atoms with Crippen LogP contribution in [0.3, 0.4) is 0 Å². The van der Waals surface area contributed by atoms with Crippen LogP contribution in [0.15, 0.2) is 78.4 Å². The zero-order chi connectivity index (χ0) is 25.4. The van der Waals surface area contributed by atoms with Crippen LogP contribution < -0.4 is 9.47 Å². The number of nitrogens with zero attached hydrogens (tertiary/aromatic N) is 3. The number of halogens is 3. The standard InChI is InChI=1S/C25H19F3N4O3S/c26-25(27,28)35-21-11-5-18(6-12-21)2-8-19(33)7-1-17-3-9-20(10-4-17)34-13-14-36-24-22-23(30-15-29-22)31-16-32-24/h1-12,15-16H,13-14H2,(H,29,30,31,32)/b7-1+,8-2+. The van der Waals surface area contributed by atoms with Gasteiger partial charge < -0.3 is 14.5 Å². The summed E-state index contributed by atoms with van der Waals surface area (Å²) in [6.07, 6.45) is 4.23. The van der Waals surface area contributed by atoms with Crippen LogP contribution in [-0.4, -0.2) is 44.4 Å². The number of benzene rings is 2. The van der Waals surface area contributed by atoms with E-state index in [-0.39, 0.29) is 11.5 Å². The summed E-state index contributed by atoms with van der Waals surface area (Å²) in [5.41, 5.74) is 2.81. The lowest BCUT2D eigenvalue weighted by Crippen LogP contribution is -2.16. The molecule has 0 saturated carbocycles. The van der Waals surface area contributed by atoms with Crippen molar-refractivity contribution in [3.05, 3.63) is 84.5 Å². The third-order valence-corrected chi connectivity index (χ3v) is 5.61. The molecule has 1 N–H and O–H groups in total. The molecule has 4 rings (SSSR count). The van der Waals surface area contributed by atoms with Gasteiger partial charge in [0.25, 0.3) is 0 Å². The van der Waals surface area contributed by atoms with Gasteiger partial charge in [0.15, 0.2) is 11.4 Å². The molecule has 2 aromatic heterocycles. The van der Waals surface area contributed by atoms with Crippen molar-refractivity contribution in [2.45, 2.75) is 11.4 Å². The molecule has 0 radical (unpaired) electrons. The minimum Gasteiger partial charge on any atom is -0.493 e. The lowest BCUT2D eigenvalue weighted by molar-refractivity contribution is -0.274. The molecular weight excluding hydrogens is 493 g/mol. The van der Waals surface area contributed by atoms with Gasteiger partial charge in [-0.3, -0.25) is 4.79 Å². The number of carbonyl (C=O) groups is 1. The molecule has 0 saturated heterocycles. The summed E-state index contributed by atoms with van der Waals surface area (Å²) in [7, 11) is 0. The molecule has 0 aliphatic heterocycles. The molecule has 4 aromatic rings. The highest BCUT2D eigenvalue weighted by Crippen LogP contribution is 2.23. The first kappa shape index (κ1) is 25.0. The number of imidazole rings is 1. The SMILES string of the molecule is O=C(/C=C/c1ccc(OCCSc2ncnc3nc[nH]c23)cc1)/C=C/c1ccc(OC(F)(F)F)cc1. The van der Waals surface area contributed by atoms with Gasteiger partial charge in [0.2, 0.25) is 0 Å². The van der Waals surface area contributed by atoms with Crippen LogP contribution >= 0.6 is 11.8 Å². The fourth-order valence-electron chi connectivity index (χ4n) is 3.02. The van der Waals surface area contributed by atoms with Crippen molar-refractivity contribution >= 4 is 40.9 Å². The van der Waals surface area contributed by atoms with Crippen LogP contribution in [0.2, 0.25) is 0 Å². The molecule has 0 aliphatic carbocycles. The number of hydrogen-bond donors (Lipinski definition) is 1. The van der Waals surface area contributed by atoms with E-state index in [4.69, 9.17) is 4.74 Å². The lowest BCUT2D eigenvalue weighted by Gasteiger charge is -2.08. The average Bonchev–Trinajstić information content (AvgIpc) is 3.34. The van der Waals surface area contributed by atoms with Gasteiger partial charge in [0.1, 0.15) is 28.4 Å². The first-order valence-corrected chi connectivity index (χ1v) is 11.6. The topological polar surface area (TPSA) is 90.0 Å². The molecule has 0 amide bonds. The first-order chi connectivity index (χ1) is 17.4. The van der Waals surface area contributed by atoms with E-state index in [1.807, 2.05) is 24.3 Å². The summed E-state index contributed by atoms with van der Waals surface area (Å²) in [5.74, 6) is 0.801. The normalized spacial score (nSPS) is 12.0. The van der Waals surface area contributed by atoms with Crippen molar-refractivity contribution < 1.29 is 27.4 Å². The van der Waals surface area contributed by atoms with Gasteiger partial charge in [0.05, 0.1) is 12.9 Å². The van der Waals surface area contributed by atoms with E-state index >= 15 is 0 Å². The molecule has 0 fully saturated rings. The van der Waals surface area contributed by atoms with Crippen molar-refractivity contribution in [1.29, 1.82) is 0 Å². The van der Waals surface area contributed by atoms with E-state index in [9.17, 15) is 18.0 Å². The van der Waals surface area contributed by atoms with E-state index in [2.05, 4.69) is 24.7 Å². The number of aromatic amines is 1. The zero-order valence-electron chi connectivity index (χ0n) is 18.6. The maximum absolute atomic E-state index is 12.2. The molecule has 0 aliphatic rings. The van der Waals surface area contributed by atoms with Crippen molar-refractivity contribution in [3.8, 4) is 11.5 Å². The van der Waals surface area contributed by atoms with E-state index in [1.54, 1.807) is 24.2 Å². The Kier molecular flexibility index (Phi) is 8.01. The second kappa shape index (κ2) is 11.5.